The van der Waals surface area contributed by atoms with Crippen LogP contribution in [0.4, 0.5) is 0 Å². The molecule has 110 valence electrons. The molecule has 1 N–H and O–H groups in total. The quantitative estimate of drug-likeness (QED) is 0.915. The molecule has 1 heterocycles. The van der Waals surface area contributed by atoms with E-state index >= 15 is 0 Å². The van der Waals surface area contributed by atoms with Gasteiger partial charge < -0.3 is 10.2 Å². The molecule has 3 nitrogen and oxygen atoms in total. The molecule has 3 heteroatoms. The highest BCUT2D eigenvalue weighted by Crippen LogP contribution is 2.20. The van der Waals surface area contributed by atoms with Crippen molar-refractivity contribution in [3.8, 4) is 0 Å². The Morgan fingerprint density at radius 1 is 1.40 bits per heavy atom. The van der Waals surface area contributed by atoms with Gasteiger partial charge in [0.05, 0.1) is 12.0 Å². The maximum atomic E-state index is 12.4. The largest absolute Gasteiger partial charge is 0.349 e. The van der Waals surface area contributed by atoms with Crippen LogP contribution < -0.4 is 5.32 Å². The van der Waals surface area contributed by atoms with E-state index in [4.69, 9.17) is 0 Å². The Kier molecular flexibility index (Phi) is 5.18. The van der Waals surface area contributed by atoms with E-state index in [2.05, 4.69) is 55.4 Å². The summed E-state index contributed by atoms with van der Waals surface area (Å²) in [6.45, 7) is 6.20. The lowest BCUT2D eigenvalue weighted by Crippen LogP contribution is -2.42. The first kappa shape index (κ1) is 15.0. The Morgan fingerprint density at radius 3 is 2.70 bits per heavy atom. The Morgan fingerprint density at radius 2 is 2.10 bits per heavy atom. The fourth-order valence-electron chi connectivity index (χ4n) is 2.89. The van der Waals surface area contributed by atoms with Crippen LogP contribution in [0.25, 0.3) is 0 Å². The molecule has 0 spiro atoms. The molecule has 2 rings (SSSR count). The number of nitrogens with one attached hydrogen (secondary N) is 1. The van der Waals surface area contributed by atoms with Crippen molar-refractivity contribution in [2.45, 2.75) is 39.2 Å². The molecule has 1 aromatic carbocycles. The average Bonchev–Trinajstić information content (AvgIpc) is 2.45. The van der Waals surface area contributed by atoms with Crippen LogP contribution in [0.3, 0.4) is 0 Å². The molecule has 1 saturated heterocycles. The minimum absolute atomic E-state index is 0.135. The molecule has 1 aliphatic rings. The number of rotatable bonds is 4. The van der Waals surface area contributed by atoms with Gasteiger partial charge in [0.25, 0.3) is 0 Å². The second-order valence-corrected chi connectivity index (χ2v) is 5.98. The number of amides is 1. The predicted octanol–water partition coefficient (Wildman–Crippen LogP) is 2.90. The smallest absolute Gasteiger partial charge is 0.224 e. The van der Waals surface area contributed by atoms with Crippen LogP contribution in [0, 0.1) is 12.8 Å². The molecule has 2 atom stereocenters. The third-order valence-corrected chi connectivity index (χ3v) is 4.20. The summed E-state index contributed by atoms with van der Waals surface area (Å²) >= 11 is 0. The van der Waals surface area contributed by atoms with Crippen LogP contribution in [-0.2, 0) is 4.79 Å². The zero-order chi connectivity index (χ0) is 14.5. The Labute approximate surface area is 122 Å². The third kappa shape index (κ3) is 3.83. The standard InChI is InChI=1S/C17H26N2O/c1-4-16(14-9-7-13(2)8-10-14)18-17(20)15-6-5-11-19(3)12-15/h7-10,15-16H,4-6,11-12H2,1-3H3,(H,18,20)/t15-,16+/m1/s1. The maximum Gasteiger partial charge on any atom is 0.224 e. The van der Waals surface area contributed by atoms with Crippen LogP contribution >= 0.6 is 0 Å². The molecule has 1 amide bonds. The fraction of sp³-hybridized carbons (Fsp3) is 0.588. The Balaban J connectivity index is 1.98. The van der Waals surface area contributed by atoms with E-state index < -0.39 is 0 Å². The van der Waals surface area contributed by atoms with Crippen LogP contribution in [0.5, 0.6) is 0 Å². The van der Waals surface area contributed by atoms with E-state index in [1.165, 1.54) is 11.1 Å². The highest BCUT2D eigenvalue weighted by atomic mass is 16.2. The van der Waals surface area contributed by atoms with Gasteiger partial charge in [-0.25, -0.2) is 0 Å². The van der Waals surface area contributed by atoms with Crippen LogP contribution in [-0.4, -0.2) is 30.9 Å². The molecule has 0 unspecified atom stereocenters. The number of piperidine rings is 1. The summed E-state index contributed by atoms with van der Waals surface area (Å²) in [5.74, 6) is 0.359. The number of hydrogen-bond donors (Lipinski definition) is 1. The molecular weight excluding hydrogens is 248 g/mol. The summed E-state index contributed by atoms with van der Waals surface area (Å²) in [6, 6.07) is 8.60. The Hall–Kier alpha value is -1.35. The molecule has 0 bridgehead atoms. The van der Waals surface area contributed by atoms with Crippen molar-refractivity contribution in [2.75, 3.05) is 20.1 Å². The lowest BCUT2D eigenvalue weighted by Gasteiger charge is -2.30. The molecule has 0 aromatic heterocycles. The van der Waals surface area contributed by atoms with E-state index in [0.29, 0.717) is 0 Å². The molecule has 1 aliphatic heterocycles. The van der Waals surface area contributed by atoms with Crippen molar-refractivity contribution in [3.05, 3.63) is 35.4 Å². The number of aryl methyl sites for hydroxylation is 1. The van der Waals surface area contributed by atoms with Gasteiger partial charge in [0, 0.05) is 6.54 Å². The number of carbonyl (C=O) groups excluding carboxylic acids is 1. The lowest BCUT2D eigenvalue weighted by molar-refractivity contribution is -0.127. The van der Waals surface area contributed by atoms with Crippen LogP contribution in [0.1, 0.15) is 43.4 Å². The van der Waals surface area contributed by atoms with Crippen molar-refractivity contribution in [2.24, 2.45) is 5.92 Å². The van der Waals surface area contributed by atoms with Gasteiger partial charge in [-0.05, 0) is 45.3 Å². The number of hydrogen-bond acceptors (Lipinski definition) is 2. The maximum absolute atomic E-state index is 12.4. The van der Waals surface area contributed by atoms with Gasteiger partial charge in [-0.3, -0.25) is 4.79 Å². The number of carbonyl (C=O) groups is 1. The second-order valence-electron chi connectivity index (χ2n) is 5.98. The molecule has 1 fully saturated rings. The van der Waals surface area contributed by atoms with E-state index in [0.717, 1.165) is 32.4 Å². The zero-order valence-electron chi connectivity index (χ0n) is 12.9. The average molecular weight is 274 g/mol. The minimum Gasteiger partial charge on any atom is -0.349 e. The topological polar surface area (TPSA) is 32.3 Å². The summed E-state index contributed by atoms with van der Waals surface area (Å²) in [7, 11) is 2.09. The second kappa shape index (κ2) is 6.89. The van der Waals surface area contributed by atoms with E-state index in [9.17, 15) is 4.79 Å². The molecule has 1 aromatic rings. The highest BCUT2D eigenvalue weighted by Gasteiger charge is 2.25. The van der Waals surface area contributed by atoms with Crippen molar-refractivity contribution >= 4 is 5.91 Å². The highest BCUT2D eigenvalue weighted by molar-refractivity contribution is 5.79. The minimum atomic E-state index is 0.135. The molecular formula is C17H26N2O. The van der Waals surface area contributed by atoms with Crippen molar-refractivity contribution in [1.29, 1.82) is 0 Å². The van der Waals surface area contributed by atoms with Gasteiger partial charge in [0.2, 0.25) is 5.91 Å². The molecule has 0 aliphatic carbocycles. The van der Waals surface area contributed by atoms with Crippen LogP contribution in [0.15, 0.2) is 24.3 Å². The lowest BCUT2D eigenvalue weighted by atomic mass is 9.96. The van der Waals surface area contributed by atoms with Gasteiger partial charge in [0.1, 0.15) is 0 Å². The first-order valence-corrected chi connectivity index (χ1v) is 7.65. The Bertz CT molecular complexity index is 441. The zero-order valence-corrected chi connectivity index (χ0v) is 12.9. The first-order chi connectivity index (χ1) is 9.60. The third-order valence-electron chi connectivity index (χ3n) is 4.20. The molecule has 0 saturated carbocycles. The molecule has 0 radical (unpaired) electrons. The summed E-state index contributed by atoms with van der Waals surface area (Å²) in [4.78, 5) is 14.7. The number of benzene rings is 1. The van der Waals surface area contributed by atoms with Gasteiger partial charge in [-0.15, -0.1) is 0 Å². The van der Waals surface area contributed by atoms with E-state index in [-0.39, 0.29) is 17.9 Å². The SMILES string of the molecule is CC[C@H](NC(=O)[C@@H]1CCCN(C)C1)c1ccc(C)cc1. The predicted molar refractivity (Wildman–Crippen MR) is 82.6 cm³/mol. The van der Waals surface area contributed by atoms with E-state index in [1.54, 1.807) is 0 Å². The first-order valence-electron chi connectivity index (χ1n) is 7.65. The summed E-state index contributed by atoms with van der Waals surface area (Å²) in [5, 5.41) is 3.23. The van der Waals surface area contributed by atoms with Crippen molar-refractivity contribution < 1.29 is 4.79 Å². The van der Waals surface area contributed by atoms with Crippen LogP contribution in [0.2, 0.25) is 0 Å². The number of likely N-dealkylation sites (tertiary alicyclic amines) is 1. The monoisotopic (exact) mass is 274 g/mol. The van der Waals surface area contributed by atoms with Gasteiger partial charge in [0.15, 0.2) is 0 Å². The fourth-order valence-corrected chi connectivity index (χ4v) is 2.89. The van der Waals surface area contributed by atoms with Crippen molar-refractivity contribution in [1.82, 2.24) is 10.2 Å². The summed E-state index contributed by atoms with van der Waals surface area (Å²) < 4.78 is 0. The normalized spacial score (nSPS) is 21.4. The van der Waals surface area contributed by atoms with Gasteiger partial charge >= 0.3 is 0 Å². The van der Waals surface area contributed by atoms with Gasteiger partial charge in [-0.2, -0.15) is 0 Å². The van der Waals surface area contributed by atoms with Gasteiger partial charge in [-0.1, -0.05) is 36.8 Å². The molecule has 20 heavy (non-hydrogen) atoms. The summed E-state index contributed by atoms with van der Waals surface area (Å²) in [6.07, 6.45) is 3.06. The van der Waals surface area contributed by atoms with E-state index in [1.807, 2.05) is 0 Å². The van der Waals surface area contributed by atoms with Crippen molar-refractivity contribution in [3.63, 3.8) is 0 Å². The summed E-state index contributed by atoms with van der Waals surface area (Å²) in [5.41, 5.74) is 2.46. The number of nitrogens with zero attached hydrogens (tertiary/aromatic N) is 1.